The van der Waals surface area contributed by atoms with Gasteiger partial charge in [-0.25, -0.2) is 4.98 Å². The number of nitrogens with zero attached hydrogens (tertiary/aromatic N) is 3. The summed E-state index contributed by atoms with van der Waals surface area (Å²) in [5, 5.41) is 13.3. The zero-order chi connectivity index (χ0) is 72.1. The van der Waals surface area contributed by atoms with Gasteiger partial charge in [-0.05, 0) is 103 Å². The van der Waals surface area contributed by atoms with E-state index in [9.17, 15) is 10.6 Å². The Hall–Kier alpha value is -5.57. The Balaban J connectivity index is 0.0000130. The smallest absolute Gasteiger partial charge is 0.148 e. The van der Waals surface area contributed by atoms with Gasteiger partial charge in [-0.2, -0.15) is 0 Å². The fourth-order valence-corrected chi connectivity index (χ4v) is 8.06. The van der Waals surface area contributed by atoms with Crippen LogP contribution in [0.4, 0.5) is 0 Å². The third-order valence-corrected chi connectivity index (χ3v) is 11.6. The largest absolute Gasteiger partial charge is 0.507 e. The Kier molecular flexibility index (Phi) is 7.18. The van der Waals surface area contributed by atoms with Crippen LogP contribution in [-0.2, 0) is 49.1 Å². The molecule has 2 aromatic heterocycles. The summed E-state index contributed by atoms with van der Waals surface area (Å²) in [6.07, 6.45) is -0.945. The van der Waals surface area contributed by atoms with Gasteiger partial charge in [0.15, 0.2) is 0 Å². The second kappa shape index (κ2) is 18.6. The summed E-state index contributed by atoms with van der Waals surface area (Å²) >= 11 is 0. The fraction of sp³-hybridized carbons (Fsp3) is 0.344. The number of aromatic nitrogens is 3. The molecule has 69 heavy (non-hydrogen) atoms. The average Bonchev–Trinajstić information content (AvgIpc) is 0.807. The second-order valence-electron chi connectivity index (χ2n) is 20.4. The molecule has 0 radical (unpaired) electrons. The van der Waals surface area contributed by atoms with Crippen LogP contribution in [0, 0.1) is 18.3 Å². The van der Waals surface area contributed by atoms with E-state index in [0.29, 0.717) is 16.7 Å². The zero-order valence-electron chi connectivity index (χ0n) is 66.9. The Labute approximate surface area is 465 Å². The maximum atomic E-state index is 13.3. The van der Waals surface area contributed by atoms with Gasteiger partial charge in [-0.3, -0.25) is 9.55 Å². The Bertz CT molecular complexity index is 4130. The minimum Gasteiger partial charge on any atom is -0.507 e. The van der Waals surface area contributed by atoms with Gasteiger partial charge in [0.1, 0.15) is 11.6 Å². The molecule has 0 unspecified atom stereocenters. The molecular weight excluding hydrogens is 1020 g/mol. The van der Waals surface area contributed by atoms with Crippen LogP contribution in [0.15, 0.2) is 127 Å². The second-order valence-corrected chi connectivity index (χ2v) is 20.4. The van der Waals surface area contributed by atoms with E-state index in [1.165, 1.54) is 28.8 Å². The van der Waals surface area contributed by atoms with Gasteiger partial charge >= 0.3 is 0 Å². The average molecular weight is 1120 g/mol. The number of imidazole rings is 1. The van der Waals surface area contributed by atoms with Crippen LogP contribution in [0.3, 0.4) is 0 Å². The summed E-state index contributed by atoms with van der Waals surface area (Å²) in [5.41, 5.74) is -14.1. The predicted molar refractivity (Wildman–Crippen MR) is 289 cm³/mol. The van der Waals surface area contributed by atoms with Crippen molar-refractivity contribution in [3.63, 3.8) is 0 Å². The number of fused-ring (bicyclic) bond motifs is 1. The van der Waals surface area contributed by atoms with Crippen molar-refractivity contribution in [3.05, 3.63) is 167 Å². The molecule has 4 nitrogen and oxygen atoms in total. The van der Waals surface area contributed by atoms with E-state index in [1.807, 2.05) is 41.5 Å². The van der Waals surface area contributed by atoms with Crippen molar-refractivity contribution < 1.29 is 63.2 Å². The van der Waals surface area contributed by atoms with Crippen molar-refractivity contribution in [2.24, 2.45) is 5.41 Å². The molecule has 5 heteroatoms. The van der Waals surface area contributed by atoms with Gasteiger partial charge in [-0.1, -0.05) is 199 Å². The molecule has 0 atom stereocenters. The van der Waals surface area contributed by atoms with Gasteiger partial charge in [0.05, 0.1) is 27.8 Å². The molecule has 8 rings (SSSR count). The van der Waals surface area contributed by atoms with Crippen LogP contribution in [-0.4, -0.2) is 19.6 Å². The number of para-hydroxylation sites is 1. The Morgan fingerprint density at radius 2 is 1.32 bits per heavy atom. The first-order chi connectivity index (χ1) is 42.8. The van der Waals surface area contributed by atoms with E-state index in [4.69, 9.17) is 36.5 Å². The number of phenolic OH excluding ortho intramolecular Hbond substituents is 1. The Morgan fingerprint density at radius 1 is 0.638 bits per heavy atom. The predicted octanol–water partition coefficient (Wildman–Crippen LogP) is 17.3. The number of rotatable bonds is 7. The summed E-state index contributed by atoms with van der Waals surface area (Å²) in [4.78, 5) is 9.69. The van der Waals surface area contributed by atoms with Gasteiger partial charge < -0.3 is 5.11 Å². The normalized spacial score (nSPS) is 19.9. The van der Waals surface area contributed by atoms with Crippen molar-refractivity contribution >= 4 is 11.0 Å². The van der Waals surface area contributed by atoms with E-state index < -0.39 is 122 Å². The van der Waals surface area contributed by atoms with Gasteiger partial charge in [0.2, 0.25) is 0 Å². The van der Waals surface area contributed by atoms with Crippen LogP contribution in [0.1, 0.15) is 174 Å². The molecule has 360 valence electrons. The summed E-state index contributed by atoms with van der Waals surface area (Å²) in [5.74, 6) is -2.56. The summed E-state index contributed by atoms with van der Waals surface area (Å²) in [6.45, 7) is -12.8. The number of hydrogen-bond donors (Lipinski definition) is 1. The summed E-state index contributed by atoms with van der Waals surface area (Å²) in [7, 11) is 0. The van der Waals surface area contributed by atoms with E-state index in [1.54, 1.807) is 93.6 Å². The molecule has 0 saturated carbocycles. The van der Waals surface area contributed by atoms with Crippen molar-refractivity contribution in [1.82, 2.24) is 14.5 Å². The first kappa shape index (κ1) is 26.6. The van der Waals surface area contributed by atoms with Gasteiger partial charge in [-0.15, -0.1) is 29.3 Å². The molecule has 0 spiro atoms. The van der Waals surface area contributed by atoms with Crippen molar-refractivity contribution in [1.29, 1.82) is 0 Å². The van der Waals surface area contributed by atoms with Crippen LogP contribution < -0.4 is 0 Å². The van der Waals surface area contributed by atoms with E-state index in [2.05, 4.69) is 11.1 Å². The topological polar surface area (TPSA) is 50.9 Å². The molecule has 0 saturated heterocycles. The van der Waals surface area contributed by atoms with Crippen LogP contribution in [0.25, 0.3) is 72.7 Å². The van der Waals surface area contributed by atoms with Crippen molar-refractivity contribution in [3.8, 4) is 67.5 Å². The van der Waals surface area contributed by atoms with Crippen LogP contribution in [0.5, 0.6) is 5.75 Å². The maximum absolute atomic E-state index is 13.3. The van der Waals surface area contributed by atoms with Crippen molar-refractivity contribution in [2.45, 2.75) is 138 Å². The molecule has 6 aromatic carbocycles. The van der Waals surface area contributed by atoms with Crippen molar-refractivity contribution in [2.75, 3.05) is 0 Å². The quantitative estimate of drug-likeness (QED) is 0.162. The number of pyridine rings is 1. The summed E-state index contributed by atoms with van der Waals surface area (Å²) < 4.78 is 242. The minimum atomic E-state index is -4.51. The number of aromatic hydroxyl groups is 1. The molecule has 0 aliphatic heterocycles. The third kappa shape index (κ3) is 10.8. The molecule has 0 fully saturated rings. The minimum absolute atomic E-state index is 0. The third-order valence-electron chi connectivity index (χ3n) is 11.6. The van der Waals surface area contributed by atoms with Gasteiger partial charge in [0.25, 0.3) is 0 Å². The molecule has 0 bridgehead atoms. The number of aryl methyl sites for hydroxylation is 1. The maximum Gasteiger partial charge on any atom is 0.148 e. The first-order valence-corrected chi connectivity index (χ1v) is 22.1. The number of phenols is 1. The van der Waals surface area contributed by atoms with Gasteiger partial charge in [0, 0.05) is 75.6 Å². The van der Waals surface area contributed by atoms with Crippen LogP contribution >= 0.6 is 0 Å². The van der Waals surface area contributed by atoms with E-state index >= 15 is 0 Å². The molecular formula is C64H72N3OPt-. The molecule has 0 aliphatic rings. The zero-order valence-corrected chi connectivity index (χ0v) is 42.2. The monoisotopic (exact) mass is 1120 g/mol. The fourth-order valence-electron chi connectivity index (χ4n) is 8.06. The first-order valence-electron chi connectivity index (χ1n) is 35.6. The van der Waals surface area contributed by atoms with E-state index in [0.717, 1.165) is 11.8 Å². The SMILES string of the molecule is [2H]c1cc(C([2H])([2H])C(C)(C)C)cc([2H])c1-c1cc(-c2[c-]c(-c3cccc4c3nc(-c3c([2H])c(C(C([2H])([2H])[2H])(C([2H])([2H])[2H])C([2H])([2H])[2H])c([2H])c(C(C([2H])([2H])[2H])(C([2H])([2H])[2H])C([2H])([2H])[2H])c3O)n4-c3ccc(C(C)(C)C)cc3-c3ccccc3)cc(C(C)(C)C)c2)ncc1C([2H])([2H])[2H].[Pt]. The standard InChI is InChI=1S/C64H72N3O.Pt/c1-40-39-65-54(37-50(40)43-27-25-41(26-28-43)38-60(2,3)4)45-31-44(32-47(33-45)62(8,9)10)49-23-20-24-56-57(49)66-59(52-35-48(63(11,12)13)36-53(58(52)68)64(14,15)16)67(56)55-30-29-46(61(5,6)7)34-51(55)42-21-18-17-19-22-42;/h17-30,32-37,39,68H,38H2,1-16H3;/q-1;/i1D3,11D3,12D3,13D3,14D3,15D3,16D3,27D,28D,35D,36D,38D2;. The number of benzene rings is 6. The molecule has 0 aliphatic carbocycles. The molecule has 8 aromatic rings. The summed E-state index contributed by atoms with van der Waals surface area (Å²) in [6, 6.07) is 24.8. The molecule has 0 amide bonds. The molecule has 1 N–H and O–H groups in total. The Morgan fingerprint density at radius 3 is 1.96 bits per heavy atom. The van der Waals surface area contributed by atoms with E-state index in [-0.39, 0.29) is 94.5 Å². The molecule has 2 heterocycles. The number of hydrogen-bond acceptors (Lipinski definition) is 3. The van der Waals surface area contributed by atoms with Crippen LogP contribution in [0.2, 0.25) is 0 Å².